The summed E-state index contributed by atoms with van der Waals surface area (Å²) in [5, 5.41) is 6.75. The van der Waals surface area contributed by atoms with Gasteiger partial charge in [-0.3, -0.25) is 9.78 Å². The molecule has 0 bridgehead atoms. The van der Waals surface area contributed by atoms with Crippen LogP contribution in [0.15, 0.2) is 65.5 Å². The molecule has 0 radical (unpaired) electrons. The number of para-hydroxylation sites is 1. The van der Waals surface area contributed by atoms with Crippen LogP contribution in [0.5, 0.6) is 0 Å². The largest absolute Gasteiger partial charge is 0.348 e. The van der Waals surface area contributed by atoms with Crippen molar-refractivity contribution in [1.29, 1.82) is 0 Å². The average molecular weight is 294 g/mol. The molecular weight excluding hydrogens is 280 g/mol. The van der Waals surface area contributed by atoms with E-state index in [1.54, 1.807) is 24.3 Å². The maximum Gasteiger partial charge on any atom is 0.348 e. The second-order valence-corrected chi connectivity index (χ2v) is 4.69. The second kappa shape index (κ2) is 6.09. The van der Waals surface area contributed by atoms with E-state index >= 15 is 0 Å². The van der Waals surface area contributed by atoms with E-state index < -0.39 is 11.6 Å². The van der Waals surface area contributed by atoms with Crippen molar-refractivity contribution in [2.45, 2.75) is 6.54 Å². The molecule has 3 rings (SSSR count). The molecule has 1 amide bonds. The van der Waals surface area contributed by atoms with Crippen LogP contribution in [0.4, 0.5) is 0 Å². The number of hydrogen-bond donors (Lipinski definition) is 2. The highest BCUT2D eigenvalue weighted by molar-refractivity contribution is 5.90. The first kappa shape index (κ1) is 13.8. The summed E-state index contributed by atoms with van der Waals surface area (Å²) in [6, 6.07) is 18.4. The average Bonchev–Trinajstić information content (AvgIpc) is 2.96. The van der Waals surface area contributed by atoms with Gasteiger partial charge in [0, 0.05) is 6.54 Å². The lowest BCUT2D eigenvalue weighted by atomic mass is 10.2. The van der Waals surface area contributed by atoms with Gasteiger partial charge < -0.3 is 5.32 Å². The van der Waals surface area contributed by atoms with E-state index in [4.69, 9.17) is 0 Å². The lowest BCUT2D eigenvalue weighted by molar-refractivity contribution is 0.0940. The van der Waals surface area contributed by atoms with Crippen molar-refractivity contribution in [2.24, 2.45) is 0 Å². The van der Waals surface area contributed by atoms with E-state index in [0.29, 0.717) is 12.2 Å². The van der Waals surface area contributed by atoms with Crippen molar-refractivity contribution in [2.75, 3.05) is 0 Å². The van der Waals surface area contributed by atoms with Crippen molar-refractivity contribution in [3.8, 4) is 5.69 Å². The van der Waals surface area contributed by atoms with Gasteiger partial charge in [-0.1, -0.05) is 48.5 Å². The molecule has 110 valence electrons. The third kappa shape index (κ3) is 2.95. The Balaban J connectivity index is 1.75. The lowest BCUT2D eigenvalue weighted by Gasteiger charge is -2.02. The number of amides is 1. The van der Waals surface area contributed by atoms with E-state index in [-0.39, 0.29) is 5.82 Å². The first-order valence-corrected chi connectivity index (χ1v) is 6.81. The molecule has 0 saturated heterocycles. The van der Waals surface area contributed by atoms with Crippen molar-refractivity contribution >= 4 is 5.91 Å². The van der Waals surface area contributed by atoms with Gasteiger partial charge in [-0.25, -0.2) is 4.79 Å². The summed E-state index contributed by atoms with van der Waals surface area (Å²) in [6.45, 7) is 0.375. The molecule has 1 aromatic heterocycles. The molecule has 0 atom stereocenters. The minimum absolute atomic E-state index is 0.00946. The molecule has 0 aliphatic carbocycles. The van der Waals surface area contributed by atoms with Crippen molar-refractivity contribution in [3.05, 3.63) is 82.5 Å². The van der Waals surface area contributed by atoms with Crippen LogP contribution in [0.2, 0.25) is 0 Å². The maximum atomic E-state index is 12.1. The number of aromatic amines is 1. The van der Waals surface area contributed by atoms with Gasteiger partial charge in [0.2, 0.25) is 5.82 Å². The van der Waals surface area contributed by atoms with E-state index in [9.17, 15) is 9.59 Å². The number of H-pyrrole nitrogens is 1. The fourth-order valence-electron chi connectivity index (χ4n) is 2.03. The molecule has 1 heterocycles. The summed E-state index contributed by atoms with van der Waals surface area (Å²) in [5.41, 5.74) is 1.13. The van der Waals surface area contributed by atoms with Crippen LogP contribution in [0.3, 0.4) is 0 Å². The Morgan fingerprint density at radius 1 is 1.05 bits per heavy atom. The standard InChI is InChI=1S/C16H14N4O2/c21-15(17-11-12-7-3-1-4-8-12)14-18-16(22)20(19-14)13-9-5-2-6-10-13/h1-10H,11H2,(H,17,21)(H,18,19,22). The number of nitrogens with one attached hydrogen (secondary N) is 2. The summed E-state index contributed by atoms with van der Waals surface area (Å²) >= 11 is 0. The van der Waals surface area contributed by atoms with Crippen LogP contribution in [0.1, 0.15) is 16.2 Å². The normalized spacial score (nSPS) is 10.4. The van der Waals surface area contributed by atoms with Crippen molar-refractivity contribution in [1.82, 2.24) is 20.1 Å². The first-order valence-electron chi connectivity index (χ1n) is 6.81. The minimum Gasteiger partial charge on any atom is -0.345 e. The van der Waals surface area contributed by atoms with Crippen molar-refractivity contribution < 1.29 is 4.79 Å². The molecule has 0 aliphatic heterocycles. The topological polar surface area (TPSA) is 79.8 Å². The zero-order valence-corrected chi connectivity index (χ0v) is 11.7. The number of carbonyl (C=O) groups is 1. The highest BCUT2D eigenvalue weighted by Gasteiger charge is 2.13. The number of rotatable bonds is 4. The second-order valence-electron chi connectivity index (χ2n) is 4.69. The molecule has 6 nitrogen and oxygen atoms in total. The summed E-state index contributed by atoms with van der Waals surface area (Å²) in [4.78, 5) is 26.4. The van der Waals surface area contributed by atoms with Gasteiger partial charge in [-0.2, -0.15) is 4.68 Å². The Kier molecular flexibility index (Phi) is 3.82. The smallest absolute Gasteiger partial charge is 0.345 e. The molecule has 0 spiro atoms. The zero-order chi connectivity index (χ0) is 15.4. The van der Waals surface area contributed by atoms with E-state index in [1.165, 1.54) is 0 Å². The molecule has 2 N–H and O–H groups in total. The van der Waals surface area contributed by atoms with E-state index in [0.717, 1.165) is 10.2 Å². The van der Waals surface area contributed by atoms with Gasteiger partial charge in [0.05, 0.1) is 5.69 Å². The fraction of sp³-hybridized carbons (Fsp3) is 0.0625. The van der Waals surface area contributed by atoms with Gasteiger partial charge in [-0.05, 0) is 17.7 Å². The maximum absolute atomic E-state index is 12.1. The quantitative estimate of drug-likeness (QED) is 0.765. The summed E-state index contributed by atoms with van der Waals surface area (Å²) in [6.07, 6.45) is 0. The minimum atomic E-state index is -0.448. The molecule has 0 saturated carbocycles. The molecule has 6 heteroatoms. The summed E-state index contributed by atoms with van der Waals surface area (Å²) in [5.74, 6) is -0.430. The van der Waals surface area contributed by atoms with Gasteiger partial charge in [0.1, 0.15) is 0 Å². The monoisotopic (exact) mass is 294 g/mol. The lowest BCUT2D eigenvalue weighted by Crippen LogP contribution is -2.24. The van der Waals surface area contributed by atoms with E-state index in [1.807, 2.05) is 36.4 Å². The predicted molar refractivity (Wildman–Crippen MR) is 81.8 cm³/mol. The van der Waals surface area contributed by atoms with E-state index in [2.05, 4.69) is 15.4 Å². The van der Waals surface area contributed by atoms with Crippen LogP contribution >= 0.6 is 0 Å². The SMILES string of the molecule is O=C(NCc1ccccc1)c1nn(-c2ccccc2)c(=O)[nH]1. The molecule has 0 aliphatic rings. The highest BCUT2D eigenvalue weighted by atomic mass is 16.2. The van der Waals surface area contributed by atoms with Crippen LogP contribution in [0, 0.1) is 0 Å². The summed E-state index contributed by atoms with van der Waals surface area (Å²) in [7, 11) is 0. The fourth-order valence-corrected chi connectivity index (χ4v) is 2.03. The van der Waals surface area contributed by atoms with Crippen LogP contribution < -0.4 is 11.0 Å². The summed E-state index contributed by atoms with van der Waals surface area (Å²) < 4.78 is 1.16. The Bertz CT molecular complexity index is 822. The Labute approximate surface area is 126 Å². The van der Waals surface area contributed by atoms with Crippen LogP contribution in [0.25, 0.3) is 5.69 Å². The molecule has 22 heavy (non-hydrogen) atoms. The Hall–Kier alpha value is -3.15. The van der Waals surface area contributed by atoms with Gasteiger partial charge in [0.25, 0.3) is 5.91 Å². The zero-order valence-electron chi connectivity index (χ0n) is 11.7. The highest BCUT2D eigenvalue weighted by Crippen LogP contribution is 2.02. The van der Waals surface area contributed by atoms with Gasteiger partial charge >= 0.3 is 5.69 Å². The van der Waals surface area contributed by atoms with Crippen molar-refractivity contribution in [3.63, 3.8) is 0 Å². The number of benzene rings is 2. The Morgan fingerprint density at radius 3 is 2.36 bits per heavy atom. The number of aromatic nitrogens is 3. The molecular formula is C16H14N4O2. The molecule has 0 fully saturated rings. The number of hydrogen-bond acceptors (Lipinski definition) is 3. The third-order valence-electron chi connectivity index (χ3n) is 3.13. The van der Waals surface area contributed by atoms with Gasteiger partial charge in [0.15, 0.2) is 0 Å². The third-order valence-corrected chi connectivity index (χ3v) is 3.13. The molecule has 2 aromatic carbocycles. The first-order chi connectivity index (χ1) is 10.7. The van der Waals surface area contributed by atoms with Crippen LogP contribution in [-0.4, -0.2) is 20.7 Å². The Morgan fingerprint density at radius 2 is 1.68 bits per heavy atom. The van der Waals surface area contributed by atoms with Gasteiger partial charge in [-0.15, -0.1) is 5.10 Å². The molecule has 0 unspecified atom stereocenters. The predicted octanol–water partition coefficient (Wildman–Crippen LogP) is 1.49. The molecule has 3 aromatic rings. The number of carbonyl (C=O) groups excluding carboxylic acids is 1. The number of nitrogens with zero attached hydrogens (tertiary/aromatic N) is 2. The van der Waals surface area contributed by atoms with Crippen LogP contribution in [-0.2, 0) is 6.54 Å².